The Kier molecular flexibility index (Phi) is 4.07. The molecule has 0 saturated heterocycles. The van der Waals surface area contributed by atoms with Gasteiger partial charge in [-0.3, -0.25) is 4.79 Å². The molecule has 1 amide bonds. The summed E-state index contributed by atoms with van der Waals surface area (Å²) in [6.45, 7) is 0. The number of carbonyl (C=O) groups is 1. The molecule has 3 nitrogen and oxygen atoms in total. The number of hydrogen-bond donors (Lipinski definition) is 2. The number of amides is 1. The molecule has 1 aliphatic carbocycles. The van der Waals surface area contributed by atoms with Crippen molar-refractivity contribution >= 4 is 18.5 Å². The number of rotatable bonds is 3. The molecule has 0 aliphatic heterocycles. The molecule has 1 aromatic rings. The Labute approximate surface area is 107 Å². The fourth-order valence-electron chi connectivity index (χ4n) is 2.29. The third-order valence-corrected chi connectivity index (χ3v) is 3.61. The first kappa shape index (κ1) is 12.5. The summed E-state index contributed by atoms with van der Waals surface area (Å²) in [5.41, 5.74) is 0.623. The van der Waals surface area contributed by atoms with Gasteiger partial charge < -0.3 is 10.1 Å². The van der Waals surface area contributed by atoms with E-state index in [2.05, 4.69) is 17.9 Å². The Morgan fingerprint density at radius 3 is 2.88 bits per heavy atom. The second kappa shape index (κ2) is 5.56. The van der Waals surface area contributed by atoms with Crippen LogP contribution >= 0.6 is 12.6 Å². The third kappa shape index (κ3) is 2.82. The summed E-state index contributed by atoms with van der Waals surface area (Å²) in [7, 11) is 1.70. The molecule has 0 bridgehead atoms. The van der Waals surface area contributed by atoms with Crippen molar-refractivity contribution in [2.45, 2.75) is 36.3 Å². The topological polar surface area (TPSA) is 38.3 Å². The van der Waals surface area contributed by atoms with Gasteiger partial charge in [-0.15, -0.1) is 12.6 Å². The molecule has 0 heterocycles. The predicted molar refractivity (Wildman–Crippen MR) is 69.6 cm³/mol. The first-order valence-electron chi connectivity index (χ1n) is 5.84. The highest BCUT2D eigenvalue weighted by molar-refractivity contribution is 7.80. The van der Waals surface area contributed by atoms with E-state index in [1.54, 1.807) is 13.2 Å². The van der Waals surface area contributed by atoms with Crippen molar-refractivity contribution in [3.63, 3.8) is 0 Å². The lowest BCUT2D eigenvalue weighted by Gasteiger charge is -2.19. The summed E-state index contributed by atoms with van der Waals surface area (Å²) in [6.07, 6.45) is 3.25. The molecule has 0 aromatic heterocycles. The smallest absolute Gasteiger partial charge is 0.252 e. The van der Waals surface area contributed by atoms with Crippen LogP contribution in [0.4, 0.5) is 0 Å². The zero-order valence-corrected chi connectivity index (χ0v) is 10.7. The van der Waals surface area contributed by atoms with Crippen LogP contribution in [0.1, 0.15) is 29.6 Å². The third-order valence-electron chi connectivity index (χ3n) is 3.22. The zero-order valence-electron chi connectivity index (χ0n) is 9.85. The van der Waals surface area contributed by atoms with Gasteiger partial charge in [-0.1, -0.05) is 12.1 Å². The molecule has 2 rings (SSSR count). The van der Waals surface area contributed by atoms with E-state index >= 15 is 0 Å². The van der Waals surface area contributed by atoms with Crippen molar-refractivity contribution in [2.24, 2.45) is 0 Å². The van der Waals surface area contributed by atoms with E-state index in [4.69, 9.17) is 4.74 Å². The number of benzene rings is 1. The largest absolute Gasteiger partial charge is 0.379 e. The van der Waals surface area contributed by atoms with Crippen LogP contribution in [0.25, 0.3) is 0 Å². The standard InChI is InChI=1S/C13H17NO2S/c1-16-11-7-4-6-10(11)14-13(15)9-5-2-3-8-12(9)17/h2-3,5,8,10-11,17H,4,6-7H2,1H3,(H,14,15). The maximum atomic E-state index is 12.1. The number of methoxy groups -OCH3 is 1. The Balaban J connectivity index is 2.04. The number of ether oxygens (including phenoxy) is 1. The van der Waals surface area contributed by atoms with Crippen molar-refractivity contribution in [3.05, 3.63) is 29.8 Å². The maximum Gasteiger partial charge on any atom is 0.252 e. The lowest BCUT2D eigenvalue weighted by atomic mass is 10.1. The molecule has 1 aromatic carbocycles. The Morgan fingerprint density at radius 2 is 2.18 bits per heavy atom. The molecule has 1 aliphatic rings. The molecule has 2 atom stereocenters. The van der Waals surface area contributed by atoms with Gasteiger partial charge in [-0.05, 0) is 31.4 Å². The second-order valence-electron chi connectivity index (χ2n) is 4.30. The van der Waals surface area contributed by atoms with Crippen molar-refractivity contribution in [3.8, 4) is 0 Å². The monoisotopic (exact) mass is 251 g/mol. The van der Waals surface area contributed by atoms with Gasteiger partial charge in [0.1, 0.15) is 0 Å². The first-order valence-corrected chi connectivity index (χ1v) is 6.28. The second-order valence-corrected chi connectivity index (χ2v) is 4.78. The van der Waals surface area contributed by atoms with Crippen molar-refractivity contribution in [2.75, 3.05) is 7.11 Å². The highest BCUT2D eigenvalue weighted by Crippen LogP contribution is 2.22. The minimum Gasteiger partial charge on any atom is -0.379 e. The molecule has 4 heteroatoms. The highest BCUT2D eigenvalue weighted by atomic mass is 32.1. The predicted octanol–water partition coefficient (Wildman–Crippen LogP) is 2.27. The SMILES string of the molecule is COC1CCCC1NC(=O)c1ccccc1S. The quantitative estimate of drug-likeness (QED) is 0.809. The number of nitrogens with one attached hydrogen (secondary N) is 1. The average Bonchev–Trinajstić information content (AvgIpc) is 2.76. The van der Waals surface area contributed by atoms with E-state index in [9.17, 15) is 4.79 Å². The average molecular weight is 251 g/mol. The zero-order chi connectivity index (χ0) is 12.3. The van der Waals surface area contributed by atoms with Gasteiger partial charge >= 0.3 is 0 Å². The van der Waals surface area contributed by atoms with Crippen LogP contribution in [-0.2, 0) is 4.74 Å². The van der Waals surface area contributed by atoms with Gasteiger partial charge in [0.25, 0.3) is 5.91 Å². The van der Waals surface area contributed by atoms with Crippen LogP contribution in [-0.4, -0.2) is 25.2 Å². The molecule has 1 saturated carbocycles. The summed E-state index contributed by atoms with van der Waals surface area (Å²) in [6, 6.07) is 7.44. The van der Waals surface area contributed by atoms with Crippen molar-refractivity contribution < 1.29 is 9.53 Å². The van der Waals surface area contributed by atoms with Gasteiger partial charge in [-0.2, -0.15) is 0 Å². The Hall–Kier alpha value is -1.00. The van der Waals surface area contributed by atoms with Crippen molar-refractivity contribution in [1.82, 2.24) is 5.32 Å². The maximum absolute atomic E-state index is 12.1. The van der Waals surface area contributed by atoms with Crippen LogP contribution in [0.15, 0.2) is 29.2 Å². The van der Waals surface area contributed by atoms with Crippen LogP contribution in [0.3, 0.4) is 0 Å². The fraction of sp³-hybridized carbons (Fsp3) is 0.462. The summed E-state index contributed by atoms with van der Waals surface area (Å²) >= 11 is 4.29. The van der Waals surface area contributed by atoms with Crippen molar-refractivity contribution in [1.29, 1.82) is 0 Å². The number of hydrogen-bond acceptors (Lipinski definition) is 3. The lowest BCUT2D eigenvalue weighted by molar-refractivity contribution is 0.0720. The molecule has 92 valence electrons. The van der Waals surface area contributed by atoms with Gasteiger partial charge in [0.15, 0.2) is 0 Å². The van der Waals surface area contributed by atoms with Gasteiger partial charge in [0, 0.05) is 12.0 Å². The molecule has 1 fully saturated rings. The summed E-state index contributed by atoms with van der Waals surface area (Å²) in [5, 5.41) is 3.02. The van der Waals surface area contributed by atoms with Crippen LogP contribution in [0.2, 0.25) is 0 Å². The molecule has 0 radical (unpaired) electrons. The van der Waals surface area contributed by atoms with E-state index in [0.717, 1.165) is 19.3 Å². The molecular weight excluding hydrogens is 234 g/mol. The Morgan fingerprint density at radius 1 is 1.41 bits per heavy atom. The Bertz CT molecular complexity index is 408. The van der Waals surface area contributed by atoms with Gasteiger partial charge in [0.05, 0.1) is 17.7 Å². The molecule has 17 heavy (non-hydrogen) atoms. The van der Waals surface area contributed by atoms with Crippen LogP contribution in [0, 0.1) is 0 Å². The van der Waals surface area contributed by atoms with E-state index in [1.165, 1.54) is 0 Å². The lowest BCUT2D eigenvalue weighted by Crippen LogP contribution is -2.40. The van der Waals surface area contributed by atoms with Gasteiger partial charge in [0.2, 0.25) is 0 Å². The first-order chi connectivity index (χ1) is 8.22. The summed E-state index contributed by atoms with van der Waals surface area (Å²) < 4.78 is 5.36. The molecule has 1 N–H and O–H groups in total. The molecule has 0 spiro atoms. The van der Waals surface area contributed by atoms with E-state index in [0.29, 0.717) is 10.5 Å². The number of carbonyl (C=O) groups excluding carboxylic acids is 1. The number of thiol groups is 1. The summed E-state index contributed by atoms with van der Waals surface area (Å²) in [5.74, 6) is -0.0652. The van der Waals surface area contributed by atoms with E-state index in [1.807, 2.05) is 18.2 Å². The van der Waals surface area contributed by atoms with Crippen LogP contribution < -0.4 is 5.32 Å². The minimum atomic E-state index is -0.0652. The molecular formula is C13H17NO2S. The van der Waals surface area contributed by atoms with E-state index < -0.39 is 0 Å². The van der Waals surface area contributed by atoms with Crippen LogP contribution in [0.5, 0.6) is 0 Å². The molecule has 2 unspecified atom stereocenters. The highest BCUT2D eigenvalue weighted by Gasteiger charge is 2.28. The fourth-order valence-corrected chi connectivity index (χ4v) is 2.55. The normalized spacial score (nSPS) is 23.6. The van der Waals surface area contributed by atoms with Gasteiger partial charge in [-0.25, -0.2) is 0 Å². The van der Waals surface area contributed by atoms with E-state index in [-0.39, 0.29) is 18.1 Å². The minimum absolute atomic E-state index is 0.0652. The summed E-state index contributed by atoms with van der Waals surface area (Å²) in [4.78, 5) is 12.8.